The summed E-state index contributed by atoms with van der Waals surface area (Å²) in [4.78, 5) is 12.4. The zero-order chi connectivity index (χ0) is 15.8. The lowest BCUT2D eigenvalue weighted by atomic mass is 9.96. The van der Waals surface area contributed by atoms with Crippen LogP contribution in [0.25, 0.3) is 0 Å². The van der Waals surface area contributed by atoms with Gasteiger partial charge in [-0.05, 0) is 42.8 Å². The van der Waals surface area contributed by atoms with Crippen LogP contribution in [0.2, 0.25) is 0 Å². The van der Waals surface area contributed by atoms with Crippen LogP contribution in [0.5, 0.6) is 0 Å². The van der Waals surface area contributed by atoms with Crippen LogP contribution in [0.3, 0.4) is 0 Å². The number of nitrogen functional groups attached to an aromatic ring is 1. The second kappa shape index (κ2) is 5.52. The van der Waals surface area contributed by atoms with Crippen LogP contribution in [-0.2, 0) is 6.18 Å². The minimum absolute atomic E-state index is 0.206. The number of anilines is 1. The van der Waals surface area contributed by atoms with Crippen LogP contribution in [0.1, 0.15) is 27.0 Å². The highest BCUT2D eigenvalue weighted by Gasteiger charge is 2.31. The largest absolute Gasteiger partial charge is 0.416 e. The van der Waals surface area contributed by atoms with E-state index in [-0.39, 0.29) is 22.4 Å². The molecule has 0 saturated carbocycles. The molecule has 2 aromatic rings. The average Bonchev–Trinajstić information content (AvgIpc) is 2.36. The van der Waals surface area contributed by atoms with Gasteiger partial charge in [0, 0.05) is 21.3 Å². The molecular weight excluding hydrogens is 347 g/mol. The molecular formula is C15H11BrF3NO. The lowest BCUT2D eigenvalue weighted by Crippen LogP contribution is -2.10. The lowest BCUT2D eigenvalue weighted by molar-refractivity contribution is -0.137. The van der Waals surface area contributed by atoms with Crippen molar-refractivity contribution in [1.29, 1.82) is 0 Å². The van der Waals surface area contributed by atoms with Crippen molar-refractivity contribution < 1.29 is 18.0 Å². The van der Waals surface area contributed by atoms with E-state index in [0.29, 0.717) is 0 Å². The summed E-state index contributed by atoms with van der Waals surface area (Å²) in [5, 5.41) is 0. The molecule has 2 rings (SSSR count). The molecule has 0 aliphatic carbocycles. The molecule has 2 aromatic carbocycles. The summed E-state index contributed by atoms with van der Waals surface area (Å²) in [6.45, 7) is 1.47. The fraction of sp³-hybridized carbons (Fsp3) is 0.133. The molecule has 0 aromatic heterocycles. The second-order valence-electron chi connectivity index (χ2n) is 4.59. The fourth-order valence-electron chi connectivity index (χ4n) is 1.98. The van der Waals surface area contributed by atoms with Gasteiger partial charge in [0.1, 0.15) is 0 Å². The molecule has 6 heteroatoms. The van der Waals surface area contributed by atoms with Crippen LogP contribution >= 0.6 is 15.9 Å². The van der Waals surface area contributed by atoms with Crippen LogP contribution < -0.4 is 5.73 Å². The molecule has 0 aliphatic heterocycles. The van der Waals surface area contributed by atoms with E-state index >= 15 is 0 Å². The number of hydrogen-bond donors (Lipinski definition) is 1. The van der Waals surface area contributed by atoms with Crippen LogP contribution in [-0.4, -0.2) is 5.78 Å². The highest BCUT2D eigenvalue weighted by atomic mass is 79.9. The molecule has 110 valence electrons. The number of alkyl halides is 3. The molecule has 0 spiro atoms. The third-order valence-corrected chi connectivity index (χ3v) is 3.55. The number of carbonyl (C=O) groups is 1. The Bertz CT molecular complexity index is 711. The Morgan fingerprint density at radius 2 is 1.71 bits per heavy atom. The van der Waals surface area contributed by atoms with E-state index in [1.807, 2.05) is 0 Å². The monoisotopic (exact) mass is 357 g/mol. The van der Waals surface area contributed by atoms with Crippen molar-refractivity contribution in [2.45, 2.75) is 13.1 Å². The molecule has 0 heterocycles. The van der Waals surface area contributed by atoms with Crippen molar-refractivity contribution in [2.75, 3.05) is 5.73 Å². The topological polar surface area (TPSA) is 43.1 Å². The van der Waals surface area contributed by atoms with Gasteiger partial charge in [0.2, 0.25) is 0 Å². The van der Waals surface area contributed by atoms with E-state index < -0.39 is 17.5 Å². The first kappa shape index (κ1) is 15.6. The number of carbonyl (C=O) groups excluding carboxylic acids is 1. The van der Waals surface area contributed by atoms with Crippen LogP contribution in [0.15, 0.2) is 40.9 Å². The highest BCUT2D eigenvalue weighted by molar-refractivity contribution is 9.10. The van der Waals surface area contributed by atoms with Gasteiger partial charge in [0.25, 0.3) is 0 Å². The van der Waals surface area contributed by atoms with Crippen molar-refractivity contribution in [1.82, 2.24) is 0 Å². The van der Waals surface area contributed by atoms with E-state index in [2.05, 4.69) is 15.9 Å². The Morgan fingerprint density at radius 3 is 2.24 bits per heavy atom. The predicted octanol–water partition coefficient (Wildman–Crippen LogP) is 4.59. The summed E-state index contributed by atoms with van der Waals surface area (Å²) < 4.78 is 38.6. The number of rotatable bonds is 2. The van der Waals surface area contributed by atoms with Gasteiger partial charge < -0.3 is 5.73 Å². The first-order valence-electron chi connectivity index (χ1n) is 5.97. The van der Waals surface area contributed by atoms with Gasteiger partial charge in [0.15, 0.2) is 5.78 Å². The van der Waals surface area contributed by atoms with Crippen molar-refractivity contribution in [3.05, 3.63) is 63.1 Å². The molecule has 2 N–H and O–H groups in total. The van der Waals surface area contributed by atoms with Crippen LogP contribution in [0, 0.1) is 6.92 Å². The summed E-state index contributed by atoms with van der Waals surface area (Å²) in [6.07, 6.45) is -4.43. The number of benzene rings is 2. The molecule has 0 unspecified atom stereocenters. The van der Waals surface area contributed by atoms with E-state index in [9.17, 15) is 18.0 Å². The molecule has 21 heavy (non-hydrogen) atoms. The summed E-state index contributed by atoms with van der Waals surface area (Å²) >= 11 is 3.23. The number of hydrogen-bond acceptors (Lipinski definition) is 2. The standard InChI is InChI=1S/C15H11BrF3NO/c1-8-6-9(15(17,18)19)2-4-11(8)14(21)12-5-3-10(16)7-13(12)20/h2-7H,20H2,1H3. The third-order valence-electron chi connectivity index (χ3n) is 3.06. The molecule has 0 aliphatic rings. The summed E-state index contributed by atoms with van der Waals surface area (Å²) in [5.41, 5.74) is 6.00. The first-order chi connectivity index (χ1) is 9.70. The highest BCUT2D eigenvalue weighted by Crippen LogP contribution is 2.31. The van der Waals surface area contributed by atoms with Crippen molar-refractivity contribution in [3.63, 3.8) is 0 Å². The van der Waals surface area contributed by atoms with Gasteiger partial charge in [-0.2, -0.15) is 13.2 Å². The van der Waals surface area contributed by atoms with Gasteiger partial charge in [-0.3, -0.25) is 4.79 Å². The summed E-state index contributed by atoms with van der Waals surface area (Å²) in [6, 6.07) is 7.81. The normalized spacial score (nSPS) is 11.5. The third kappa shape index (κ3) is 3.26. The zero-order valence-corrected chi connectivity index (χ0v) is 12.5. The number of ketones is 1. The van der Waals surface area contributed by atoms with E-state index in [1.54, 1.807) is 18.2 Å². The number of nitrogens with two attached hydrogens (primary N) is 1. The smallest absolute Gasteiger partial charge is 0.398 e. The van der Waals surface area contributed by atoms with Crippen LogP contribution in [0.4, 0.5) is 18.9 Å². The minimum atomic E-state index is -4.43. The van der Waals surface area contributed by atoms with Gasteiger partial charge in [-0.25, -0.2) is 0 Å². The van der Waals surface area contributed by atoms with Crippen molar-refractivity contribution in [3.8, 4) is 0 Å². The van der Waals surface area contributed by atoms with Gasteiger partial charge in [-0.15, -0.1) is 0 Å². The molecule has 0 amide bonds. The molecule has 0 atom stereocenters. The molecule has 0 saturated heterocycles. The molecule has 2 nitrogen and oxygen atoms in total. The molecule has 0 bridgehead atoms. The zero-order valence-electron chi connectivity index (χ0n) is 11.0. The van der Waals surface area contributed by atoms with Crippen molar-refractivity contribution in [2.24, 2.45) is 0 Å². The average molecular weight is 358 g/mol. The lowest BCUT2D eigenvalue weighted by Gasteiger charge is -2.11. The molecule has 0 radical (unpaired) electrons. The SMILES string of the molecule is Cc1cc(C(F)(F)F)ccc1C(=O)c1ccc(Br)cc1N. The number of aryl methyl sites for hydroxylation is 1. The van der Waals surface area contributed by atoms with Crippen molar-refractivity contribution >= 4 is 27.4 Å². The first-order valence-corrected chi connectivity index (χ1v) is 6.77. The van der Waals surface area contributed by atoms with Gasteiger partial charge >= 0.3 is 6.18 Å². The van der Waals surface area contributed by atoms with Gasteiger partial charge in [0.05, 0.1) is 5.56 Å². The Morgan fingerprint density at radius 1 is 1.10 bits per heavy atom. The molecule has 0 fully saturated rings. The summed E-state index contributed by atoms with van der Waals surface area (Å²) in [5.74, 6) is -0.397. The number of halogens is 4. The Kier molecular flexibility index (Phi) is 4.09. The summed E-state index contributed by atoms with van der Waals surface area (Å²) in [7, 11) is 0. The minimum Gasteiger partial charge on any atom is -0.398 e. The predicted molar refractivity (Wildman–Crippen MR) is 78.2 cm³/mol. The van der Waals surface area contributed by atoms with E-state index in [4.69, 9.17) is 5.73 Å². The fourth-order valence-corrected chi connectivity index (χ4v) is 2.36. The maximum absolute atomic E-state index is 12.6. The van der Waals surface area contributed by atoms with Gasteiger partial charge in [-0.1, -0.05) is 22.0 Å². The Labute approximate surface area is 127 Å². The second-order valence-corrected chi connectivity index (χ2v) is 5.50. The maximum Gasteiger partial charge on any atom is 0.416 e. The van der Waals surface area contributed by atoms with E-state index in [0.717, 1.165) is 16.6 Å². The Hall–Kier alpha value is -1.82. The maximum atomic E-state index is 12.6. The van der Waals surface area contributed by atoms with E-state index in [1.165, 1.54) is 13.0 Å². The Balaban J connectivity index is 2.45. The quantitative estimate of drug-likeness (QED) is 0.630.